The standard InChI is InChI=1S/C36H39F2N3O5S/c1-4-46-31-18-20-32(21-19-31)47(44,45)41(30-16-14-29(37)15-17-30)25-35(42)40(24-28-12-8-9-13-33(28)38)34(36(43)39-23-26(2)3)22-27-10-6-5-7-11-27/h5-21,26,34H,4,22-25H2,1-3H3,(H,39,43)/t34-/m0/s1. The number of carbonyl (C=O) groups is 2. The van der Waals surface area contributed by atoms with Crippen LogP contribution in [0.2, 0.25) is 0 Å². The summed E-state index contributed by atoms with van der Waals surface area (Å²) < 4.78 is 63.5. The lowest BCUT2D eigenvalue weighted by atomic mass is 10.0. The van der Waals surface area contributed by atoms with Gasteiger partial charge in [-0.25, -0.2) is 17.2 Å². The Labute approximate surface area is 275 Å². The third-order valence-corrected chi connectivity index (χ3v) is 9.16. The van der Waals surface area contributed by atoms with E-state index in [1.807, 2.05) is 32.0 Å². The highest BCUT2D eigenvalue weighted by Gasteiger charge is 2.35. The maximum absolute atomic E-state index is 15.0. The molecule has 0 aromatic heterocycles. The van der Waals surface area contributed by atoms with E-state index in [-0.39, 0.29) is 35.0 Å². The first-order chi connectivity index (χ1) is 22.5. The molecule has 2 amide bonds. The number of anilines is 1. The third kappa shape index (κ3) is 9.38. The van der Waals surface area contributed by atoms with Crippen LogP contribution in [-0.4, -0.2) is 50.9 Å². The number of sulfonamides is 1. The van der Waals surface area contributed by atoms with Crippen LogP contribution in [0.4, 0.5) is 14.5 Å². The average Bonchev–Trinajstić information content (AvgIpc) is 3.06. The van der Waals surface area contributed by atoms with E-state index in [2.05, 4.69) is 5.32 Å². The lowest BCUT2D eigenvalue weighted by molar-refractivity contribution is -0.140. The summed E-state index contributed by atoms with van der Waals surface area (Å²) in [6, 6.07) is 24.3. The van der Waals surface area contributed by atoms with Gasteiger partial charge in [-0.05, 0) is 73.0 Å². The van der Waals surface area contributed by atoms with Crippen molar-refractivity contribution in [3.05, 3.63) is 126 Å². The number of amides is 2. The summed E-state index contributed by atoms with van der Waals surface area (Å²) in [5, 5.41) is 2.89. The normalized spacial score (nSPS) is 12.0. The molecule has 11 heteroatoms. The van der Waals surface area contributed by atoms with Crippen molar-refractivity contribution >= 4 is 27.5 Å². The Kier molecular flexibility index (Phi) is 12.1. The van der Waals surface area contributed by atoms with Gasteiger partial charge < -0.3 is 15.0 Å². The number of nitrogens with one attached hydrogen (secondary N) is 1. The molecule has 4 aromatic rings. The molecule has 0 aliphatic carbocycles. The highest BCUT2D eigenvalue weighted by Crippen LogP contribution is 2.27. The minimum atomic E-state index is -4.40. The fourth-order valence-electron chi connectivity index (χ4n) is 4.92. The second kappa shape index (κ2) is 16.2. The van der Waals surface area contributed by atoms with Gasteiger partial charge in [-0.3, -0.25) is 13.9 Å². The molecule has 1 N–H and O–H groups in total. The van der Waals surface area contributed by atoms with Gasteiger partial charge in [0.05, 0.1) is 17.2 Å². The van der Waals surface area contributed by atoms with E-state index < -0.39 is 46.1 Å². The molecule has 0 aliphatic heterocycles. The van der Waals surface area contributed by atoms with Crippen molar-refractivity contribution in [2.75, 3.05) is 24.0 Å². The summed E-state index contributed by atoms with van der Waals surface area (Å²) in [6.07, 6.45) is 0.0904. The van der Waals surface area contributed by atoms with Gasteiger partial charge in [-0.15, -0.1) is 0 Å². The molecule has 0 saturated carbocycles. The molecule has 0 aliphatic rings. The molecule has 0 fully saturated rings. The maximum Gasteiger partial charge on any atom is 0.264 e. The van der Waals surface area contributed by atoms with Gasteiger partial charge in [0.15, 0.2) is 0 Å². The highest BCUT2D eigenvalue weighted by atomic mass is 32.2. The number of halogens is 2. The van der Waals surface area contributed by atoms with E-state index in [0.717, 1.165) is 22.0 Å². The smallest absolute Gasteiger partial charge is 0.264 e. The Hall–Kier alpha value is -4.77. The Morgan fingerprint density at radius 1 is 0.851 bits per heavy atom. The maximum atomic E-state index is 15.0. The molecule has 1 atom stereocenters. The van der Waals surface area contributed by atoms with E-state index >= 15 is 4.39 Å². The van der Waals surface area contributed by atoms with Crippen LogP contribution in [0.15, 0.2) is 108 Å². The fraction of sp³-hybridized carbons (Fsp3) is 0.278. The molecular weight excluding hydrogens is 624 g/mol. The van der Waals surface area contributed by atoms with Crippen LogP contribution in [-0.2, 0) is 32.6 Å². The van der Waals surface area contributed by atoms with Gasteiger partial charge >= 0.3 is 0 Å². The lowest BCUT2D eigenvalue weighted by Gasteiger charge is -2.34. The van der Waals surface area contributed by atoms with Gasteiger partial charge in [0, 0.05) is 25.1 Å². The van der Waals surface area contributed by atoms with Crippen molar-refractivity contribution < 1.29 is 31.5 Å². The lowest BCUT2D eigenvalue weighted by Crippen LogP contribution is -2.53. The first-order valence-electron chi connectivity index (χ1n) is 15.3. The van der Waals surface area contributed by atoms with Crippen molar-refractivity contribution in [1.82, 2.24) is 10.2 Å². The van der Waals surface area contributed by atoms with Crippen LogP contribution >= 0.6 is 0 Å². The van der Waals surface area contributed by atoms with Crippen molar-refractivity contribution in [3.8, 4) is 5.75 Å². The van der Waals surface area contributed by atoms with E-state index in [1.54, 1.807) is 25.1 Å². The number of hydrogen-bond donors (Lipinski definition) is 1. The van der Waals surface area contributed by atoms with E-state index in [0.29, 0.717) is 18.9 Å². The Morgan fingerprint density at radius 2 is 1.49 bits per heavy atom. The van der Waals surface area contributed by atoms with Crippen LogP contribution in [0.1, 0.15) is 31.9 Å². The minimum absolute atomic E-state index is 0.0309. The molecule has 0 unspecified atom stereocenters. The molecule has 0 saturated heterocycles. The predicted molar refractivity (Wildman–Crippen MR) is 177 cm³/mol. The second-order valence-electron chi connectivity index (χ2n) is 11.4. The molecule has 0 bridgehead atoms. The Morgan fingerprint density at radius 3 is 2.11 bits per heavy atom. The third-order valence-electron chi connectivity index (χ3n) is 7.37. The first kappa shape index (κ1) is 35.1. The monoisotopic (exact) mass is 663 g/mol. The molecule has 248 valence electrons. The zero-order valence-electron chi connectivity index (χ0n) is 26.6. The van der Waals surface area contributed by atoms with E-state index in [4.69, 9.17) is 4.74 Å². The Balaban J connectivity index is 1.79. The van der Waals surface area contributed by atoms with Crippen molar-refractivity contribution in [1.29, 1.82) is 0 Å². The average molecular weight is 664 g/mol. The largest absolute Gasteiger partial charge is 0.494 e. The number of hydrogen-bond acceptors (Lipinski definition) is 5. The van der Waals surface area contributed by atoms with Crippen LogP contribution in [0, 0.1) is 17.6 Å². The minimum Gasteiger partial charge on any atom is -0.494 e. The number of rotatable bonds is 15. The highest BCUT2D eigenvalue weighted by molar-refractivity contribution is 7.92. The SMILES string of the molecule is CCOc1ccc(S(=O)(=O)N(CC(=O)N(Cc2ccccc2F)[C@@H](Cc2ccccc2)C(=O)NCC(C)C)c2ccc(F)cc2)cc1. The van der Waals surface area contributed by atoms with E-state index in [9.17, 15) is 22.4 Å². The zero-order chi connectivity index (χ0) is 34.0. The summed E-state index contributed by atoms with van der Waals surface area (Å²) in [5.74, 6) is -1.82. The van der Waals surface area contributed by atoms with Crippen molar-refractivity contribution in [2.24, 2.45) is 5.92 Å². The first-order valence-corrected chi connectivity index (χ1v) is 16.8. The van der Waals surface area contributed by atoms with Gasteiger partial charge in [0.2, 0.25) is 11.8 Å². The Bertz CT molecular complexity index is 1730. The van der Waals surface area contributed by atoms with Crippen LogP contribution in [0.25, 0.3) is 0 Å². The molecule has 4 rings (SSSR count). The van der Waals surface area contributed by atoms with Gasteiger partial charge in [-0.1, -0.05) is 62.4 Å². The molecule has 0 heterocycles. The summed E-state index contributed by atoms with van der Waals surface area (Å²) >= 11 is 0. The van der Waals surface area contributed by atoms with Gasteiger partial charge in [0.25, 0.3) is 10.0 Å². The second-order valence-corrected chi connectivity index (χ2v) is 13.2. The van der Waals surface area contributed by atoms with Crippen LogP contribution in [0.3, 0.4) is 0 Å². The molecule has 47 heavy (non-hydrogen) atoms. The van der Waals surface area contributed by atoms with E-state index in [1.165, 1.54) is 59.5 Å². The molecule has 0 radical (unpaired) electrons. The summed E-state index contributed by atoms with van der Waals surface area (Å²) in [4.78, 5) is 29.3. The molecule has 4 aromatic carbocycles. The molecule has 0 spiro atoms. The van der Waals surface area contributed by atoms with Crippen LogP contribution < -0.4 is 14.4 Å². The molecule has 8 nitrogen and oxygen atoms in total. The quantitative estimate of drug-likeness (QED) is 0.169. The summed E-state index contributed by atoms with van der Waals surface area (Å²) in [6.45, 7) is 5.32. The number of ether oxygens (including phenoxy) is 1. The fourth-order valence-corrected chi connectivity index (χ4v) is 6.34. The number of nitrogens with zero attached hydrogens (tertiary/aromatic N) is 2. The van der Waals surface area contributed by atoms with Crippen LogP contribution in [0.5, 0.6) is 5.75 Å². The van der Waals surface area contributed by atoms with Gasteiger partial charge in [-0.2, -0.15) is 0 Å². The zero-order valence-corrected chi connectivity index (χ0v) is 27.4. The topological polar surface area (TPSA) is 96.0 Å². The summed E-state index contributed by atoms with van der Waals surface area (Å²) in [5.41, 5.74) is 0.933. The van der Waals surface area contributed by atoms with Gasteiger partial charge in [0.1, 0.15) is 30.0 Å². The summed E-state index contributed by atoms with van der Waals surface area (Å²) in [7, 11) is -4.40. The van der Waals surface area contributed by atoms with Crippen molar-refractivity contribution in [2.45, 2.75) is 44.7 Å². The predicted octanol–water partition coefficient (Wildman–Crippen LogP) is 5.97. The number of benzene rings is 4. The van der Waals surface area contributed by atoms with Crippen molar-refractivity contribution in [3.63, 3.8) is 0 Å². The number of carbonyl (C=O) groups excluding carboxylic acids is 2. The molecular formula is C36H39F2N3O5S.